The highest BCUT2D eigenvalue weighted by Gasteiger charge is 2.24. The van der Waals surface area contributed by atoms with E-state index in [1.54, 1.807) is 0 Å². The predicted octanol–water partition coefficient (Wildman–Crippen LogP) is 1.26. The zero-order valence-corrected chi connectivity index (χ0v) is 9.99. The molecule has 0 aliphatic carbocycles. The number of hydrogen-bond acceptors (Lipinski definition) is 4. The zero-order valence-electron chi connectivity index (χ0n) is 9.99. The molecule has 0 bridgehead atoms. The second kappa shape index (κ2) is 5.30. The normalized spacial score (nSPS) is 25.9. The lowest BCUT2D eigenvalue weighted by Gasteiger charge is -2.28. The maximum absolute atomic E-state index is 11.4. The maximum atomic E-state index is 11.4. The highest BCUT2D eigenvalue weighted by atomic mass is 16.6. The number of amides is 1. The number of rotatable bonds is 2. The smallest absolute Gasteiger partial charge is 0.407 e. The van der Waals surface area contributed by atoms with Crippen molar-refractivity contribution < 1.29 is 19.1 Å². The van der Waals surface area contributed by atoms with E-state index in [9.17, 15) is 9.59 Å². The molecule has 0 radical (unpaired) electrons. The molecule has 1 unspecified atom stereocenters. The first-order valence-corrected chi connectivity index (χ1v) is 5.47. The van der Waals surface area contributed by atoms with E-state index in [-0.39, 0.29) is 12.1 Å². The van der Waals surface area contributed by atoms with Crippen LogP contribution in [0.3, 0.4) is 0 Å². The summed E-state index contributed by atoms with van der Waals surface area (Å²) in [5.74, 6) is 0. The Hall–Kier alpha value is -1.10. The van der Waals surface area contributed by atoms with Crippen LogP contribution in [-0.4, -0.2) is 36.7 Å². The van der Waals surface area contributed by atoms with E-state index in [4.69, 9.17) is 9.47 Å². The molecule has 1 amide bonds. The molecule has 92 valence electrons. The van der Waals surface area contributed by atoms with Crippen molar-refractivity contribution in [3.63, 3.8) is 0 Å². The predicted molar refractivity (Wildman–Crippen MR) is 58.2 cm³/mol. The van der Waals surface area contributed by atoms with Gasteiger partial charge < -0.3 is 19.6 Å². The molecule has 2 atom stereocenters. The SMILES string of the molecule is CC(C)(C)OC(=O)N[C@@H]1CCC(C=O)OC1. The molecule has 5 heteroatoms. The minimum Gasteiger partial charge on any atom is -0.444 e. The van der Waals surface area contributed by atoms with E-state index >= 15 is 0 Å². The standard InChI is InChI=1S/C11H19NO4/c1-11(2,3)16-10(14)12-8-4-5-9(6-13)15-7-8/h6,8-9H,4-5,7H2,1-3H3,(H,12,14)/t8-,9?/m1/s1. The third-order valence-corrected chi connectivity index (χ3v) is 2.18. The summed E-state index contributed by atoms with van der Waals surface area (Å²) in [6.45, 7) is 5.80. The summed E-state index contributed by atoms with van der Waals surface area (Å²) in [6, 6.07) is -0.0638. The lowest BCUT2D eigenvalue weighted by atomic mass is 10.1. The topological polar surface area (TPSA) is 64.6 Å². The van der Waals surface area contributed by atoms with Crippen molar-refractivity contribution in [1.82, 2.24) is 5.32 Å². The van der Waals surface area contributed by atoms with Crippen LogP contribution in [0.4, 0.5) is 4.79 Å². The molecule has 16 heavy (non-hydrogen) atoms. The molecule has 1 fully saturated rings. The van der Waals surface area contributed by atoms with Gasteiger partial charge in [0.15, 0.2) is 0 Å². The van der Waals surface area contributed by atoms with E-state index in [0.717, 1.165) is 12.7 Å². The van der Waals surface area contributed by atoms with Gasteiger partial charge in [0.25, 0.3) is 0 Å². The summed E-state index contributed by atoms with van der Waals surface area (Å²) < 4.78 is 10.4. The summed E-state index contributed by atoms with van der Waals surface area (Å²) >= 11 is 0. The van der Waals surface area contributed by atoms with Gasteiger partial charge in [-0.25, -0.2) is 4.79 Å². The summed E-state index contributed by atoms with van der Waals surface area (Å²) in [5.41, 5.74) is -0.495. The van der Waals surface area contributed by atoms with Gasteiger partial charge in [-0.3, -0.25) is 0 Å². The molecule has 5 nitrogen and oxygen atoms in total. The van der Waals surface area contributed by atoms with Crippen LogP contribution in [0.5, 0.6) is 0 Å². The quantitative estimate of drug-likeness (QED) is 0.724. The fraction of sp³-hybridized carbons (Fsp3) is 0.818. The molecule has 0 spiro atoms. The third kappa shape index (κ3) is 4.61. The van der Waals surface area contributed by atoms with E-state index in [1.807, 2.05) is 20.8 Å². The van der Waals surface area contributed by atoms with Gasteiger partial charge in [-0.2, -0.15) is 0 Å². The van der Waals surface area contributed by atoms with Gasteiger partial charge in [0.2, 0.25) is 0 Å². The first-order valence-electron chi connectivity index (χ1n) is 5.47. The Labute approximate surface area is 95.5 Å². The fourth-order valence-electron chi connectivity index (χ4n) is 1.47. The molecule has 1 heterocycles. The molecule has 1 N–H and O–H groups in total. The maximum Gasteiger partial charge on any atom is 0.407 e. The highest BCUT2D eigenvalue weighted by molar-refractivity contribution is 5.68. The van der Waals surface area contributed by atoms with Gasteiger partial charge in [0.05, 0.1) is 12.6 Å². The van der Waals surface area contributed by atoms with E-state index in [1.165, 1.54) is 0 Å². The van der Waals surface area contributed by atoms with Crippen LogP contribution >= 0.6 is 0 Å². The van der Waals surface area contributed by atoms with Crippen LogP contribution in [0.1, 0.15) is 33.6 Å². The number of aldehydes is 1. The molecular formula is C11H19NO4. The first-order chi connectivity index (χ1) is 7.40. The summed E-state index contributed by atoms with van der Waals surface area (Å²) in [4.78, 5) is 21.9. The Balaban J connectivity index is 2.28. The van der Waals surface area contributed by atoms with Gasteiger partial charge in [0.1, 0.15) is 18.0 Å². The first kappa shape index (κ1) is 13.0. The van der Waals surface area contributed by atoms with E-state index in [2.05, 4.69) is 5.32 Å². The fourth-order valence-corrected chi connectivity index (χ4v) is 1.47. The molecule has 0 saturated carbocycles. The molecular weight excluding hydrogens is 210 g/mol. The van der Waals surface area contributed by atoms with Gasteiger partial charge in [-0.1, -0.05) is 0 Å². The number of carbonyl (C=O) groups excluding carboxylic acids is 2. The minimum absolute atomic E-state index is 0.0638. The van der Waals surface area contributed by atoms with E-state index in [0.29, 0.717) is 13.0 Å². The highest BCUT2D eigenvalue weighted by Crippen LogP contribution is 2.13. The van der Waals surface area contributed by atoms with Gasteiger partial charge in [-0.15, -0.1) is 0 Å². The zero-order chi connectivity index (χ0) is 12.2. The van der Waals surface area contributed by atoms with E-state index < -0.39 is 11.7 Å². The molecule has 0 aromatic heterocycles. The Morgan fingerprint density at radius 3 is 2.56 bits per heavy atom. The summed E-state index contributed by atoms with van der Waals surface area (Å²) in [6.07, 6.45) is 1.42. The Morgan fingerprint density at radius 2 is 2.12 bits per heavy atom. The summed E-state index contributed by atoms with van der Waals surface area (Å²) in [7, 11) is 0. The number of nitrogens with one attached hydrogen (secondary N) is 1. The second-order valence-electron chi connectivity index (χ2n) is 4.93. The van der Waals surface area contributed by atoms with Gasteiger partial charge in [0, 0.05) is 0 Å². The van der Waals surface area contributed by atoms with Crippen molar-refractivity contribution in [3.05, 3.63) is 0 Å². The summed E-state index contributed by atoms with van der Waals surface area (Å²) in [5, 5.41) is 2.72. The molecule has 0 aromatic carbocycles. The molecule has 1 aliphatic rings. The lowest BCUT2D eigenvalue weighted by molar-refractivity contribution is -0.121. The number of hydrogen-bond donors (Lipinski definition) is 1. The van der Waals surface area contributed by atoms with Crippen LogP contribution in [0.15, 0.2) is 0 Å². The van der Waals surface area contributed by atoms with Crippen molar-refractivity contribution in [1.29, 1.82) is 0 Å². The van der Waals surface area contributed by atoms with Crippen molar-refractivity contribution in [2.75, 3.05) is 6.61 Å². The monoisotopic (exact) mass is 229 g/mol. The molecule has 1 aliphatic heterocycles. The average molecular weight is 229 g/mol. The van der Waals surface area contributed by atoms with Crippen LogP contribution in [-0.2, 0) is 14.3 Å². The average Bonchev–Trinajstić information content (AvgIpc) is 2.16. The van der Waals surface area contributed by atoms with Crippen LogP contribution < -0.4 is 5.32 Å². The minimum atomic E-state index is -0.495. The Kier molecular flexibility index (Phi) is 4.29. The second-order valence-corrected chi connectivity index (χ2v) is 4.93. The number of ether oxygens (including phenoxy) is 2. The third-order valence-electron chi connectivity index (χ3n) is 2.18. The van der Waals surface area contributed by atoms with Gasteiger partial charge >= 0.3 is 6.09 Å². The van der Waals surface area contributed by atoms with Crippen LogP contribution in [0, 0.1) is 0 Å². The van der Waals surface area contributed by atoms with Gasteiger partial charge in [-0.05, 0) is 33.6 Å². The number of alkyl carbamates (subject to hydrolysis) is 1. The number of carbonyl (C=O) groups is 2. The molecule has 0 aromatic rings. The van der Waals surface area contributed by atoms with Crippen molar-refractivity contribution in [2.45, 2.75) is 51.4 Å². The van der Waals surface area contributed by atoms with Crippen LogP contribution in [0.25, 0.3) is 0 Å². The van der Waals surface area contributed by atoms with Crippen molar-refractivity contribution in [2.24, 2.45) is 0 Å². The Morgan fingerprint density at radius 1 is 1.44 bits per heavy atom. The van der Waals surface area contributed by atoms with Crippen molar-refractivity contribution >= 4 is 12.4 Å². The Bertz CT molecular complexity index is 251. The molecule has 1 saturated heterocycles. The largest absolute Gasteiger partial charge is 0.444 e. The lowest BCUT2D eigenvalue weighted by Crippen LogP contribution is -2.45. The van der Waals surface area contributed by atoms with Crippen molar-refractivity contribution in [3.8, 4) is 0 Å². The van der Waals surface area contributed by atoms with Crippen LogP contribution in [0.2, 0.25) is 0 Å². The molecule has 1 rings (SSSR count).